The van der Waals surface area contributed by atoms with Gasteiger partial charge in [-0.25, -0.2) is 4.79 Å². The van der Waals surface area contributed by atoms with Gasteiger partial charge in [0.15, 0.2) is 0 Å². The Bertz CT molecular complexity index is 570. The van der Waals surface area contributed by atoms with Gasteiger partial charge in [0.2, 0.25) is 0 Å². The highest BCUT2D eigenvalue weighted by Crippen LogP contribution is 2.15. The van der Waals surface area contributed by atoms with Crippen LogP contribution < -0.4 is 11.4 Å². The molecule has 1 atom stereocenters. The molecular formula is C13H15NO2. The highest BCUT2D eigenvalue weighted by atomic mass is 16.4. The van der Waals surface area contributed by atoms with Gasteiger partial charge in [0.05, 0.1) is 0 Å². The van der Waals surface area contributed by atoms with Gasteiger partial charge >= 0.3 is 5.63 Å². The Labute approximate surface area is 93.9 Å². The van der Waals surface area contributed by atoms with Crippen molar-refractivity contribution in [2.24, 2.45) is 5.73 Å². The standard InChI is InChI=1S/C13H15NO2/c1-8-3-4-10-7-11(6-9(2)14)13(15)16-12(10)5-8/h3-5,7,9H,6,14H2,1-2H3. The maximum Gasteiger partial charge on any atom is 0.339 e. The number of nitrogens with two attached hydrogens (primary N) is 1. The molecule has 0 aliphatic carbocycles. The summed E-state index contributed by atoms with van der Waals surface area (Å²) in [6, 6.07) is 7.65. The largest absolute Gasteiger partial charge is 0.423 e. The van der Waals surface area contributed by atoms with Gasteiger partial charge in [-0.3, -0.25) is 0 Å². The van der Waals surface area contributed by atoms with Gasteiger partial charge in [-0.2, -0.15) is 0 Å². The summed E-state index contributed by atoms with van der Waals surface area (Å²) in [5.74, 6) is 0. The van der Waals surface area contributed by atoms with Crippen molar-refractivity contribution in [2.75, 3.05) is 0 Å². The molecule has 3 nitrogen and oxygen atoms in total. The Morgan fingerprint density at radius 2 is 2.12 bits per heavy atom. The van der Waals surface area contributed by atoms with Gasteiger partial charge in [-0.15, -0.1) is 0 Å². The normalized spacial score (nSPS) is 12.9. The van der Waals surface area contributed by atoms with Crippen LogP contribution in [0.2, 0.25) is 0 Å². The molecule has 1 aromatic heterocycles. The fourth-order valence-corrected chi connectivity index (χ4v) is 1.75. The molecule has 0 saturated heterocycles. The molecule has 3 heteroatoms. The molecule has 1 heterocycles. The zero-order chi connectivity index (χ0) is 11.7. The van der Waals surface area contributed by atoms with Crippen molar-refractivity contribution < 1.29 is 4.42 Å². The van der Waals surface area contributed by atoms with Gasteiger partial charge < -0.3 is 10.2 Å². The third-order valence-corrected chi connectivity index (χ3v) is 2.51. The Hall–Kier alpha value is -1.61. The van der Waals surface area contributed by atoms with Crippen molar-refractivity contribution >= 4 is 11.0 Å². The number of aryl methyl sites for hydroxylation is 1. The van der Waals surface area contributed by atoms with Crippen LogP contribution >= 0.6 is 0 Å². The van der Waals surface area contributed by atoms with Crippen LogP contribution in [0.1, 0.15) is 18.1 Å². The summed E-state index contributed by atoms with van der Waals surface area (Å²) in [6.45, 7) is 3.84. The van der Waals surface area contributed by atoms with E-state index in [1.165, 1.54) is 0 Å². The molecular weight excluding hydrogens is 202 g/mol. The predicted molar refractivity (Wildman–Crippen MR) is 64.6 cm³/mol. The van der Waals surface area contributed by atoms with Gasteiger partial charge in [0.1, 0.15) is 5.58 Å². The highest BCUT2D eigenvalue weighted by Gasteiger charge is 2.07. The minimum atomic E-state index is -0.282. The van der Waals surface area contributed by atoms with Crippen LogP contribution in [0.3, 0.4) is 0 Å². The first-order valence-corrected chi connectivity index (χ1v) is 5.35. The van der Waals surface area contributed by atoms with E-state index in [0.29, 0.717) is 17.6 Å². The van der Waals surface area contributed by atoms with E-state index in [-0.39, 0.29) is 11.7 Å². The molecule has 16 heavy (non-hydrogen) atoms. The fraction of sp³-hybridized carbons (Fsp3) is 0.308. The molecule has 0 amide bonds. The molecule has 0 aliphatic rings. The van der Waals surface area contributed by atoms with Crippen LogP contribution in [0.25, 0.3) is 11.0 Å². The summed E-state index contributed by atoms with van der Waals surface area (Å²) in [7, 11) is 0. The molecule has 84 valence electrons. The molecule has 2 N–H and O–H groups in total. The first-order valence-electron chi connectivity index (χ1n) is 5.35. The number of hydrogen-bond acceptors (Lipinski definition) is 3. The lowest BCUT2D eigenvalue weighted by molar-refractivity contribution is 0.544. The minimum Gasteiger partial charge on any atom is -0.423 e. The number of fused-ring (bicyclic) bond motifs is 1. The van der Waals surface area contributed by atoms with E-state index in [0.717, 1.165) is 10.9 Å². The van der Waals surface area contributed by atoms with E-state index in [4.69, 9.17) is 10.2 Å². The topological polar surface area (TPSA) is 56.2 Å². The van der Waals surface area contributed by atoms with Crippen LogP contribution in [0.4, 0.5) is 0 Å². The summed E-state index contributed by atoms with van der Waals surface area (Å²) in [5, 5.41) is 0.945. The second-order valence-corrected chi connectivity index (χ2v) is 4.28. The Morgan fingerprint density at radius 1 is 1.38 bits per heavy atom. The van der Waals surface area contributed by atoms with Crippen molar-refractivity contribution in [1.82, 2.24) is 0 Å². The van der Waals surface area contributed by atoms with E-state index in [2.05, 4.69) is 0 Å². The first-order chi connectivity index (χ1) is 7.56. The van der Waals surface area contributed by atoms with Crippen LogP contribution in [-0.2, 0) is 6.42 Å². The summed E-state index contributed by atoms with van der Waals surface area (Å²) in [6.07, 6.45) is 0.548. The average Bonchev–Trinajstić information content (AvgIpc) is 2.19. The fourth-order valence-electron chi connectivity index (χ4n) is 1.75. The quantitative estimate of drug-likeness (QED) is 0.783. The zero-order valence-corrected chi connectivity index (χ0v) is 9.49. The van der Waals surface area contributed by atoms with Crippen molar-refractivity contribution in [3.8, 4) is 0 Å². The molecule has 0 fully saturated rings. The molecule has 0 radical (unpaired) electrons. The zero-order valence-electron chi connectivity index (χ0n) is 9.49. The van der Waals surface area contributed by atoms with E-state index >= 15 is 0 Å². The molecule has 0 bridgehead atoms. The van der Waals surface area contributed by atoms with Gasteiger partial charge in [0.25, 0.3) is 0 Å². The van der Waals surface area contributed by atoms with E-state index in [1.54, 1.807) is 0 Å². The second-order valence-electron chi connectivity index (χ2n) is 4.28. The van der Waals surface area contributed by atoms with Crippen molar-refractivity contribution in [3.05, 3.63) is 45.8 Å². The van der Waals surface area contributed by atoms with Gasteiger partial charge in [-0.1, -0.05) is 12.1 Å². The molecule has 2 aromatic rings. The third kappa shape index (κ3) is 2.14. The Balaban J connectivity index is 2.58. The molecule has 1 unspecified atom stereocenters. The molecule has 0 spiro atoms. The lowest BCUT2D eigenvalue weighted by Crippen LogP contribution is -2.22. The third-order valence-electron chi connectivity index (χ3n) is 2.51. The first kappa shape index (κ1) is 10.9. The lowest BCUT2D eigenvalue weighted by atomic mass is 10.1. The monoisotopic (exact) mass is 217 g/mol. The number of benzene rings is 1. The van der Waals surface area contributed by atoms with Crippen LogP contribution in [0.15, 0.2) is 33.5 Å². The van der Waals surface area contributed by atoms with E-state index in [1.807, 2.05) is 38.1 Å². The summed E-state index contributed by atoms with van der Waals surface area (Å²) in [5.41, 5.74) is 7.76. The highest BCUT2D eigenvalue weighted by molar-refractivity contribution is 5.77. The Kier molecular flexibility index (Phi) is 2.79. The summed E-state index contributed by atoms with van der Waals surface area (Å²) in [4.78, 5) is 11.7. The lowest BCUT2D eigenvalue weighted by Gasteiger charge is -2.05. The smallest absolute Gasteiger partial charge is 0.339 e. The van der Waals surface area contributed by atoms with Crippen LogP contribution in [0, 0.1) is 6.92 Å². The maximum atomic E-state index is 11.7. The Morgan fingerprint density at radius 3 is 2.81 bits per heavy atom. The van der Waals surface area contributed by atoms with Gasteiger partial charge in [0, 0.05) is 17.0 Å². The maximum absolute atomic E-state index is 11.7. The summed E-state index contributed by atoms with van der Waals surface area (Å²) < 4.78 is 5.26. The SMILES string of the molecule is Cc1ccc2cc(CC(C)N)c(=O)oc2c1. The molecule has 2 rings (SSSR count). The second kappa shape index (κ2) is 4.10. The minimum absolute atomic E-state index is 0.0363. The van der Waals surface area contributed by atoms with Crippen LogP contribution in [0.5, 0.6) is 0 Å². The van der Waals surface area contributed by atoms with E-state index in [9.17, 15) is 4.79 Å². The van der Waals surface area contributed by atoms with Crippen molar-refractivity contribution in [3.63, 3.8) is 0 Å². The predicted octanol–water partition coefficient (Wildman–Crippen LogP) is 1.99. The number of rotatable bonds is 2. The molecule has 0 aliphatic heterocycles. The van der Waals surface area contributed by atoms with Crippen LogP contribution in [-0.4, -0.2) is 6.04 Å². The molecule has 1 aromatic carbocycles. The van der Waals surface area contributed by atoms with E-state index < -0.39 is 0 Å². The average molecular weight is 217 g/mol. The number of hydrogen-bond donors (Lipinski definition) is 1. The van der Waals surface area contributed by atoms with Crippen molar-refractivity contribution in [1.29, 1.82) is 0 Å². The summed E-state index contributed by atoms with van der Waals surface area (Å²) >= 11 is 0. The van der Waals surface area contributed by atoms with Gasteiger partial charge in [-0.05, 0) is 38.0 Å². The molecule has 0 saturated carbocycles. The van der Waals surface area contributed by atoms with Crippen molar-refractivity contribution in [2.45, 2.75) is 26.3 Å².